The van der Waals surface area contributed by atoms with E-state index in [0.717, 1.165) is 0 Å². The van der Waals surface area contributed by atoms with Crippen LogP contribution >= 0.6 is 8.52 Å². The first kappa shape index (κ1) is 14.8. The second-order valence-corrected chi connectivity index (χ2v) is 17.2. The number of hydrogen-bond acceptors (Lipinski definition) is 1. The molecule has 0 atom stereocenters. The van der Waals surface area contributed by atoms with Crippen molar-refractivity contribution in [1.29, 1.82) is 0 Å². The summed E-state index contributed by atoms with van der Waals surface area (Å²) in [6.07, 6.45) is 0. The SMILES string of the molecule is Cc1ccc([S][Bi]([c]2ccccc2)[c]2ccccc2)cc1. The third-order valence-corrected chi connectivity index (χ3v) is 18.1. The summed E-state index contributed by atoms with van der Waals surface area (Å²) in [4.78, 5) is 1.39. The second kappa shape index (κ2) is 7.25. The van der Waals surface area contributed by atoms with Gasteiger partial charge in [0.05, 0.1) is 0 Å². The van der Waals surface area contributed by atoms with E-state index in [9.17, 15) is 0 Å². The standard InChI is InChI=1S/C7H8S.2C6H5.Bi/c1-6-2-4-7(8)5-3-6;2*1-2-4-6-5-3-1;/h2-5,8H,1H3;2*1-5H;/q;;;+1/p-1. The zero-order chi connectivity index (χ0) is 14.5. The summed E-state index contributed by atoms with van der Waals surface area (Å²) in [6.45, 7) is 2.14. The number of rotatable bonds is 4. The Kier molecular flexibility index (Phi) is 5.11. The maximum absolute atomic E-state index is 2.30. The van der Waals surface area contributed by atoms with Gasteiger partial charge in [0.2, 0.25) is 0 Å². The van der Waals surface area contributed by atoms with E-state index in [1.165, 1.54) is 10.5 Å². The number of benzene rings is 3. The Morgan fingerprint density at radius 3 is 1.57 bits per heavy atom. The van der Waals surface area contributed by atoms with Gasteiger partial charge in [-0.1, -0.05) is 0 Å². The Labute approximate surface area is 137 Å². The van der Waals surface area contributed by atoms with Crippen LogP contribution in [0.25, 0.3) is 0 Å². The van der Waals surface area contributed by atoms with Crippen LogP contribution in [-0.4, -0.2) is 20.3 Å². The Bertz CT molecular complexity index is 638. The molecule has 0 unspecified atom stereocenters. The van der Waals surface area contributed by atoms with Gasteiger partial charge in [0, 0.05) is 0 Å². The summed E-state index contributed by atoms with van der Waals surface area (Å²) in [6, 6.07) is 31.0. The molecule has 0 radical (unpaired) electrons. The molecule has 0 nitrogen and oxygen atoms in total. The third-order valence-electron chi connectivity index (χ3n) is 3.20. The molecule has 0 saturated heterocycles. The maximum atomic E-state index is 2.30. The van der Waals surface area contributed by atoms with Gasteiger partial charge in [-0.15, -0.1) is 0 Å². The van der Waals surface area contributed by atoms with Crippen LogP contribution in [0, 0.1) is 6.92 Å². The van der Waals surface area contributed by atoms with Crippen molar-refractivity contribution in [2.24, 2.45) is 0 Å². The van der Waals surface area contributed by atoms with Gasteiger partial charge in [-0.3, -0.25) is 0 Å². The predicted octanol–water partition coefficient (Wildman–Crippen LogP) is 3.89. The van der Waals surface area contributed by atoms with E-state index in [0.29, 0.717) is 0 Å². The van der Waals surface area contributed by atoms with E-state index in [2.05, 4.69) is 100 Å². The van der Waals surface area contributed by atoms with E-state index >= 15 is 0 Å². The molecule has 0 fully saturated rings. The molecule has 0 aliphatic heterocycles. The summed E-state index contributed by atoms with van der Waals surface area (Å²) in [7, 11) is 2.11. The minimum atomic E-state index is -2.02. The molecule has 0 aromatic heterocycles. The van der Waals surface area contributed by atoms with Crippen LogP contribution in [0.5, 0.6) is 0 Å². The van der Waals surface area contributed by atoms with Crippen LogP contribution in [0.3, 0.4) is 0 Å². The van der Waals surface area contributed by atoms with Gasteiger partial charge in [-0.25, -0.2) is 0 Å². The van der Waals surface area contributed by atoms with Gasteiger partial charge in [0.25, 0.3) is 0 Å². The van der Waals surface area contributed by atoms with Crippen molar-refractivity contribution < 1.29 is 0 Å². The van der Waals surface area contributed by atoms with Crippen molar-refractivity contribution in [3.8, 4) is 0 Å². The molecule has 0 bridgehead atoms. The van der Waals surface area contributed by atoms with Crippen LogP contribution in [0.15, 0.2) is 89.8 Å². The molecule has 104 valence electrons. The first-order valence-electron chi connectivity index (χ1n) is 6.98. The van der Waals surface area contributed by atoms with Gasteiger partial charge < -0.3 is 0 Å². The average molecular weight is 486 g/mol. The first-order valence-corrected chi connectivity index (χ1v) is 15.5. The predicted molar refractivity (Wildman–Crippen MR) is 94.9 cm³/mol. The van der Waals surface area contributed by atoms with Gasteiger partial charge in [-0.05, 0) is 0 Å². The average Bonchev–Trinajstić information content (AvgIpc) is 2.56. The van der Waals surface area contributed by atoms with Crippen LogP contribution in [0.2, 0.25) is 0 Å². The van der Waals surface area contributed by atoms with E-state index in [1.54, 1.807) is 6.54 Å². The van der Waals surface area contributed by atoms with Crippen molar-refractivity contribution in [3.63, 3.8) is 0 Å². The fourth-order valence-electron chi connectivity index (χ4n) is 2.09. The molecule has 3 aromatic carbocycles. The van der Waals surface area contributed by atoms with Gasteiger partial charge >= 0.3 is 138 Å². The molecular formula is C19H17BiS. The quantitative estimate of drug-likeness (QED) is 0.505. The van der Waals surface area contributed by atoms with Gasteiger partial charge in [0.15, 0.2) is 0 Å². The fraction of sp³-hybridized carbons (Fsp3) is 0.0526. The molecule has 3 rings (SSSR count). The summed E-state index contributed by atoms with van der Waals surface area (Å²) in [5.41, 5.74) is 1.32. The molecule has 3 aromatic rings. The normalized spacial score (nSPS) is 10.8. The van der Waals surface area contributed by atoms with Crippen LogP contribution in [0.4, 0.5) is 0 Å². The Balaban J connectivity index is 1.95. The zero-order valence-corrected chi connectivity index (χ0v) is 16.2. The van der Waals surface area contributed by atoms with Gasteiger partial charge in [-0.2, -0.15) is 0 Å². The zero-order valence-electron chi connectivity index (χ0n) is 11.9. The van der Waals surface area contributed by atoms with Crippen molar-refractivity contribution in [2.75, 3.05) is 0 Å². The van der Waals surface area contributed by atoms with Crippen molar-refractivity contribution >= 4 is 35.3 Å². The topological polar surface area (TPSA) is 0 Å². The third kappa shape index (κ3) is 3.96. The molecule has 0 saturated carbocycles. The Hall–Kier alpha value is -1.11. The monoisotopic (exact) mass is 486 g/mol. The Morgan fingerprint density at radius 2 is 1.10 bits per heavy atom. The number of aryl methyl sites for hydroxylation is 1. The molecule has 0 aliphatic rings. The summed E-state index contributed by atoms with van der Waals surface area (Å²) in [5, 5.41) is 0. The minimum absolute atomic E-state index is 1.32. The molecule has 0 spiro atoms. The fourth-order valence-corrected chi connectivity index (χ4v) is 15.8. The summed E-state index contributed by atoms with van der Waals surface area (Å²) < 4.78 is 3.09. The molecule has 2 heteroatoms. The summed E-state index contributed by atoms with van der Waals surface area (Å²) >= 11 is -2.02. The molecule has 0 aliphatic carbocycles. The van der Waals surface area contributed by atoms with E-state index in [-0.39, 0.29) is 0 Å². The molecule has 0 amide bonds. The van der Waals surface area contributed by atoms with Crippen LogP contribution < -0.4 is 6.54 Å². The van der Waals surface area contributed by atoms with Crippen molar-refractivity contribution in [3.05, 3.63) is 90.5 Å². The van der Waals surface area contributed by atoms with E-state index in [1.807, 2.05) is 0 Å². The first-order chi connectivity index (χ1) is 10.3. The molecule has 21 heavy (non-hydrogen) atoms. The van der Waals surface area contributed by atoms with Crippen molar-refractivity contribution in [2.45, 2.75) is 11.8 Å². The van der Waals surface area contributed by atoms with Crippen LogP contribution in [0.1, 0.15) is 5.56 Å². The van der Waals surface area contributed by atoms with E-state index in [4.69, 9.17) is 0 Å². The Morgan fingerprint density at radius 1 is 0.619 bits per heavy atom. The molecule has 0 N–H and O–H groups in total. The van der Waals surface area contributed by atoms with Gasteiger partial charge in [0.1, 0.15) is 0 Å². The van der Waals surface area contributed by atoms with Crippen LogP contribution in [-0.2, 0) is 0 Å². The van der Waals surface area contributed by atoms with Crippen molar-refractivity contribution in [1.82, 2.24) is 0 Å². The molecular weight excluding hydrogens is 469 g/mol. The molecule has 0 heterocycles. The number of hydrogen-bond donors (Lipinski definition) is 0. The second-order valence-electron chi connectivity index (χ2n) is 4.87. The summed E-state index contributed by atoms with van der Waals surface area (Å²) in [5.74, 6) is 0. The van der Waals surface area contributed by atoms with E-state index < -0.39 is 20.3 Å².